The fourth-order valence-corrected chi connectivity index (χ4v) is 0.991. The van der Waals surface area contributed by atoms with E-state index in [1.165, 1.54) is 0 Å². The Bertz CT molecular complexity index is 184. The summed E-state index contributed by atoms with van der Waals surface area (Å²) in [5.74, 6) is 1.09. The first kappa shape index (κ1) is 8.30. The Morgan fingerprint density at radius 3 is 3.00 bits per heavy atom. The van der Waals surface area contributed by atoms with Crippen LogP contribution in [0.1, 0.15) is 11.7 Å². The molecule has 0 spiro atoms. The van der Waals surface area contributed by atoms with Gasteiger partial charge in [0, 0.05) is 13.7 Å². The number of furan rings is 1. The van der Waals surface area contributed by atoms with Crippen LogP contribution >= 0.6 is 0 Å². The van der Waals surface area contributed by atoms with Crippen molar-refractivity contribution in [2.75, 3.05) is 20.3 Å². The number of hydrogen-bond acceptors (Lipinski definition) is 3. The molecule has 0 aliphatic carbocycles. The van der Waals surface area contributed by atoms with E-state index in [1.807, 2.05) is 12.1 Å². The molecule has 0 bridgehead atoms. The highest BCUT2D eigenvalue weighted by Gasteiger charge is 2.10. The normalized spacial score (nSPS) is 13.3. The average Bonchev–Trinajstić information content (AvgIpc) is 2.52. The van der Waals surface area contributed by atoms with E-state index in [-0.39, 0.29) is 5.92 Å². The highest BCUT2D eigenvalue weighted by Crippen LogP contribution is 2.14. The fourth-order valence-electron chi connectivity index (χ4n) is 0.991. The molecule has 1 aromatic rings. The van der Waals surface area contributed by atoms with Gasteiger partial charge in [-0.05, 0) is 12.1 Å². The molecule has 0 radical (unpaired) electrons. The van der Waals surface area contributed by atoms with E-state index < -0.39 is 0 Å². The van der Waals surface area contributed by atoms with E-state index in [9.17, 15) is 0 Å². The van der Waals surface area contributed by atoms with Crippen LogP contribution in [0.5, 0.6) is 0 Å². The third-order valence-corrected chi connectivity index (χ3v) is 1.60. The molecule has 62 valence electrons. The van der Waals surface area contributed by atoms with Crippen LogP contribution in [0.3, 0.4) is 0 Å². The minimum atomic E-state index is 0.190. The summed E-state index contributed by atoms with van der Waals surface area (Å²) in [5, 5.41) is 0. The topological polar surface area (TPSA) is 48.4 Å². The molecule has 1 aromatic heterocycles. The Hall–Kier alpha value is -0.800. The van der Waals surface area contributed by atoms with Crippen LogP contribution < -0.4 is 5.73 Å². The Morgan fingerprint density at radius 2 is 2.55 bits per heavy atom. The molecule has 0 saturated heterocycles. The van der Waals surface area contributed by atoms with Crippen molar-refractivity contribution in [2.24, 2.45) is 5.73 Å². The first-order chi connectivity index (χ1) is 5.38. The van der Waals surface area contributed by atoms with Gasteiger partial charge < -0.3 is 14.9 Å². The molecular formula is C8H13NO2. The smallest absolute Gasteiger partial charge is 0.110 e. The monoisotopic (exact) mass is 155 g/mol. The highest BCUT2D eigenvalue weighted by atomic mass is 16.5. The summed E-state index contributed by atoms with van der Waals surface area (Å²) < 4.78 is 10.2. The highest BCUT2D eigenvalue weighted by molar-refractivity contribution is 5.05. The molecule has 0 saturated carbocycles. The fraction of sp³-hybridized carbons (Fsp3) is 0.500. The van der Waals surface area contributed by atoms with Crippen molar-refractivity contribution in [3.63, 3.8) is 0 Å². The second-order valence-corrected chi connectivity index (χ2v) is 2.40. The molecule has 0 fully saturated rings. The van der Waals surface area contributed by atoms with Crippen molar-refractivity contribution >= 4 is 0 Å². The summed E-state index contributed by atoms with van der Waals surface area (Å²) in [5.41, 5.74) is 5.51. The summed E-state index contributed by atoms with van der Waals surface area (Å²) in [4.78, 5) is 0. The molecule has 11 heavy (non-hydrogen) atoms. The van der Waals surface area contributed by atoms with Crippen LogP contribution in [-0.2, 0) is 4.74 Å². The van der Waals surface area contributed by atoms with Gasteiger partial charge in [-0.3, -0.25) is 0 Å². The zero-order chi connectivity index (χ0) is 8.10. The van der Waals surface area contributed by atoms with E-state index >= 15 is 0 Å². The van der Waals surface area contributed by atoms with E-state index in [4.69, 9.17) is 14.9 Å². The zero-order valence-electron chi connectivity index (χ0n) is 6.62. The van der Waals surface area contributed by atoms with Crippen LogP contribution in [-0.4, -0.2) is 20.3 Å². The van der Waals surface area contributed by atoms with Crippen LogP contribution in [0.2, 0.25) is 0 Å². The van der Waals surface area contributed by atoms with Crippen molar-refractivity contribution < 1.29 is 9.15 Å². The summed E-state index contributed by atoms with van der Waals surface area (Å²) in [6.45, 7) is 1.17. The molecule has 1 heterocycles. The molecule has 1 atom stereocenters. The molecule has 3 nitrogen and oxygen atoms in total. The van der Waals surface area contributed by atoms with Gasteiger partial charge in [0.25, 0.3) is 0 Å². The predicted octanol–water partition coefficient (Wildman–Crippen LogP) is 0.968. The molecule has 2 N–H and O–H groups in total. The maximum atomic E-state index is 5.51. The lowest BCUT2D eigenvalue weighted by molar-refractivity contribution is 0.173. The van der Waals surface area contributed by atoms with Crippen LogP contribution in [0.4, 0.5) is 0 Å². The number of hydrogen-bond donors (Lipinski definition) is 1. The Morgan fingerprint density at radius 1 is 1.73 bits per heavy atom. The van der Waals surface area contributed by atoms with Gasteiger partial charge in [-0.2, -0.15) is 0 Å². The third-order valence-electron chi connectivity index (χ3n) is 1.60. The SMILES string of the molecule is COCC(CN)c1ccco1. The Kier molecular flexibility index (Phi) is 3.14. The molecule has 0 aromatic carbocycles. The van der Waals surface area contributed by atoms with Gasteiger partial charge in [-0.25, -0.2) is 0 Å². The molecule has 0 aliphatic heterocycles. The van der Waals surface area contributed by atoms with Crippen LogP contribution in [0, 0.1) is 0 Å². The largest absolute Gasteiger partial charge is 0.469 e. The summed E-state index contributed by atoms with van der Waals surface area (Å²) >= 11 is 0. The standard InChI is InChI=1S/C8H13NO2/c1-10-6-7(5-9)8-3-2-4-11-8/h2-4,7H,5-6,9H2,1H3. The minimum Gasteiger partial charge on any atom is -0.469 e. The van der Waals surface area contributed by atoms with Gasteiger partial charge in [0.2, 0.25) is 0 Å². The van der Waals surface area contributed by atoms with E-state index in [0.29, 0.717) is 13.2 Å². The van der Waals surface area contributed by atoms with Crippen molar-refractivity contribution in [1.29, 1.82) is 0 Å². The van der Waals surface area contributed by atoms with Crippen LogP contribution in [0.15, 0.2) is 22.8 Å². The predicted molar refractivity (Wildman–Crippen MR) is 42.4 cm³/mol. The lowest BCUT2D eigenvalue weighted by atomic mass is 10.1. The molecule has 0 aliphatic rings. The second-order valence-electron chi connectivity index (χ2n) is 2.40. The summed E-state index contributed by atoms with van der Waals surface area (Å²) in [7, 11) is 1.66. The van der Waals surface area contributed by atoms with Crippen LogP contribution in [0.25, 0.3) is 0 Å². The van der Waals surface area contributed by atoms with Crippen molar-refractivity contribution in [3.8, 4) is 0 Å². The Balaban J connectivity index is 2.56. The van der Waals surface area contributed by atoms with Gasteiger partial charge in [0.1, 0.15) is 5.76 Å². The number of nitrogens with two attached hydrogens (primary N) is 1. The van der Waals surface area contributed by atoms with Gasteiger partial charge in [-0.15, -0.1) is 0 Å². The summed E-state index contributed by atoms with van der Waals surface area (Å²) in [6, 6.07) is 3.77. The van der Waals surface area contributed by atoms with Crippen molar-refractivity contribution in [1.82, 2.24) is 0 Å². The van der Waals surface area contributed by atoms with E-state index in [2.05, 4.69) is 0 Å². The zero-order valence-corrected chi connectivity index (χ0v) is 6.62. The van der Waals surface area contributed by atoms with Gasteiger partial charge in [0.15, 0.2) is 0 Å². The van der Waals surface area contributed by atoms with Crippen molar-refractivity contribution in [2.45, 2.75) is 5.92 Å². The van der Waals surface area contributed by atoms with E-state index in [0.717, 1.165) is 5.76 Å². The third kappa shape index (κ3) is 2.06. The molecule has 0 amide bonds. The quantitative estimate of drug-likeness (QED) is 0.704. The number of rotatable bonds is 4. The Labute approximate surface area is 66.1 Å². The lowest BCUT2D eigenvalue weighted by Crippen LogP contribution is -2.16. The van der Waals surface area contributed by atoms with Gasteiger partial charge in [0.05, 0.1) is 18.8 Å². The number of ether oxygens (including phenoxy) is 1. The number of methoxy groups -OCH3 is 1. The van der Waals surface area contributed by atoms with Gasteiger partial charge in [-0.1, -0.05) is 0 Å². The van der Waals surface area contributed by atoms with Crippen molar-refractivity contribution in [3.05, 3.63) is 24.2 Å². The molecule has 3 heteroatoms. The van der Waals surface area contributed by atoms with E-state index in [1.54, 1.807) is 13.4 Å². The second kappa shape index (κ2) is 4.16. The minimum absolute atomic E-state index is 0.190. The maximum Gasteiger partial charge on any atom is 0.110 e. The molecule has 1 rings (SSSR count). The van der Waals surface area contributed by atoms with Gasteiger partial charge >= 0.3 is 0 Å². The lowest BCUT2D eigenvalue weighted by Gasteiger charge is -2.09. The first-order valence-corrected chi connectivity index (χ1v) is 3.61. The molecular weight excluding hydrogens is 142 g/mol. The molecule has 1 unspecified atom stereocenters. The summed E-state index contributed by atoms with van der Waals surface area (Å²) in [6.07, 6.45) is 1.65. The first-order valence-electron chi connectivity index (χ1n) is 3.61. The average molecular weight is 155 g/mol. The maximum absolute atomic E-state index is 5.51.